The van der Waals surface area contributed by atoms with Gasteiger partial charge >= 0.3 is 0 Å². The van der Waals surface area contributed by atoms with Gasteiger partial charge in [-0.15, -0.1) is 0 Å². The zero-order valence-corrected chi connectivity index (χ0v) is 10.9. The molecule has 0 fully saturated rings. The average molecular weight is 274 g/mol. The largest absolute Gasteiger partial charge is 0.490 e. The van der Waals surface area contributed by atoms with Crippen molar-refractivity contribution in [1.82, 2.24) is 0 Å². The van der Waals surface area contributed by atoms with Crippen LogP contribution < -0.4 is 20.5 Å². The second kappa shape index (κ2) is 5.28. The Balaban J connectivity index is 1.85. The number of halogens is 1. The maximum Gasteiger partial charge on any atom is 0.163 e. The lowest BCUT2D eigenvalue weighted by molar-refractivity contribution is 0.297. The summed E-state index contributed by atoms with van der Waals surface area (Å²) >= 11 is 0. The summed E-state index contributed by atoms with van der Waals surface area (Å²) in [6.45, 7) is 1.28. The van der Waals surface area contributed by atoms with E-state index in [4.69, 9.17) is 15.2 Å². The number of nitrogens with two attached hydrogens (primary N) is 1. The summed E-state index contributed by atoms with van der Waals surface area (Å²) < 4.78 is 24.5. The van der Waals surface area contributed by atoms with Crippen LogP contribution in [0.15, 0.2) is 36.4 Å². The summed E-state index contributed by atoms with van der Waals surface area (Å²) in [4.78, 5) is 0. The monoisotopic (exact) mass is 274 g/mol. The maximum atomic E-state index is 13.3. The quantitative estimate of drug-likeness (QED) is 0.825. The molecule has 1 aliphatic heterocycles. The fourth-order valence-electron chi connectivity index (χ4n) is 2.09. The fourth-order valence-corrected chi connectivity index (χ4v) is 2.09. The number of nitrogen functional groups attached to an aromatic ring is 1. The zero-order chi connectivity index (χ0) is 13.9. The Morgan fingerprint density at radius 2 is 1.75 bits per heavy atom. The number of ether oxygens (including phenoxy) is 2. The van der Waals surface area contributed by atoms with E-state index in [0.29, 0.717) is 30.3 Å². The van der Waals surface area contributed by atoms with Crippen LogP contribution >= 0.6 is 0 Å². The van der Waals surface area contributed by atoms with Gasteiger partial charge in [-0.25, -0.2) is 4.39 Å². The Labute approximate surface area is 116 Å². The highest BCUT2D eigenvalue weighted by molar-refractivity contribution is 5.66. The van der Waals surface area contributed by atoms with Crippen molar-refractivity contribution in [1.29, 1.82) is 0 Å². The maximum absolute atomic E-state index is 13.3. The second-order valence-corrected chi connectivity index (χ2v) is 4.61. The first-order valence-corrected chi connectivity index (χ1v) is 6.43. The molecule has 0 aromatic heterocycles. The Morgan fingerprint density at radius 3 is 2.55 bits per heavy atom. The molecule has 4 nitrogen and oxygen atoms in total. The van der Waals surface area contributed by atoms with Crippen LogP contribution in [0.2, 0.25) is 0 Å². The third kappa shape index (κ3) is 2.77. The van der Waals surface area contributed by atoms with Gasteiger partial charge < -0.3 is 20.5 Å². The van der Waals surface area contributed by atoms with Gasteiger partial charge in [0, 0.05) is 29.5 Å². The number of hydrogen-bond donors (Lipinski definition) is 2. The van der Waals surface area contributed by atoms with E-state index in [0.717, 1.165) is 17.9 Å². The van der Waals surface area contributed by atoms with Crippen molar-refractivity contribution >= 4 is 17.1 Å². The van der Waals surface area contributed by atoms with Crippen LogP contribution in [0.3, 0.4) is 0 Å². The van der Waals surface area contributed by atoms with E-state index in [9.17, 15) is 4.39 Å². The molecular weight excluding hydrogens is 259 g/mol. The molecule has 3 rings (SSSR count). The SMILES string of the molecule is Nc1cc(F)cc(Nc2ccc3c(c2)OCCCO3)c1. The summed E-state index contributed by atoms with van der Waals surface area (Å²) in [5, 5.41) is 3.10. The minimum absolute atomic E-state index is 0.373. The molecule has 3 N–H and O–H groups in total. The summed E-state index contributed by atoms with van der Waals surface area (Å²) in [7, 11) is 0. The van der Waals surface area contributed by atoms with Crippen molar-refractivity contribution in [2.24, 2.45) is 0 Å². The molecule has 20 heavy (non-hydrogen) atoms. The molecule has 1 heterocycles. The third-order valence-electron chi connectivity index (χ3n) is 2.96. The van der Waals surface area contributed by atoms with Gasteiger partial charge in [-0.1, -0.05) is 0 Å². The minimum atomic E-state index is -0.373. The number of fused-ring (bicyclic) bond motifs is 1. The highest BCUT2D eigenvalue weighted by atomic mass is 19.1. The summed E-state index contributed by atoms with van der Waals surface area (Å²) in [5.41, 5.74) is 7.38. The lowest BCUT2D eigenvalue weighted by Crippen LogP contribution is -1.97. The van der Waals surface area contributed by atoms with Gasteiger partial charge in [0.15, 0.2) is 11.5 Å². The number of hydrogen-bond acceptors (Lipinski definition) is 4. The lowest BCUT2D eigenvalue weighted by atomic mass is 10.2. The van der Waals surface area contributed by atoms with Crippen LogP contribution in [-0.4, -0.2) is 13.2 Å². The number of rotatable bonds is 2. The molecule has 1 aliphatic rings. The topological polar surface area (TPSA) is 56.5 Å². The normalized spacial score (nSPS) is 13.7. The van der Waals surface area contributed by atoms with Crippen LogP contribution in [0, 0.1) is 5.82 Å². The summed E-state index contributed by atoms with van der Waals surface area (Å²) in [6, 6.07) is 9.87. The summed E-state index contributed by atoms with van der Waals surface area (Å²) in [6.07, 6.45) is 0.859. The van der Waals surface area contributed by atoms with Crippen molar-refractivity contribution in [3.63, 3.8) is 0 Å². The summed E-state index contributed by atoms with van der Waals surface area (Å²) in [5.74, 6) is 1.05. The molecule has 0 bridgehead atoms. The predicted octanol–water partition coefficient (Wildman–Crippen LogP) is 3.31. The van der Waals surface area contributed by atoms with Gasteiger partial charge in [-0.3, -0.25) is 0 Å². The minimum Gasteiger partial charge on any atom is -0.490 e. The van der Waals surface area contributed by atoms with E-state index in [2.05, 4.69) is 5.32 Å². The van der Waals surface area contributed by atoms with Gasteiger partial charge in [-0.05, 0) is 30.3 Å². The van der Waals surface area contributed by atoms with Crippen LogP contribution in [0.4, 0.5) is 21.5 Å². The van der Waals surface area contributed by atoms with E-state index < -0.39 is 0 Å². The van der Waals surface area contributed by atoms with Crippen molar-refractivity contribution < 1.29 is 13.9 Å². The smallest absolute Gasteiger partial charge is 0.163 e. The first-order chi connectivity index (χ1) is 9.70. The second-order valence-electron chi connectivity index (χ2n) is 4.61. The van der Waals surface area contributed by atoms with E-state index >= 15 is 0 Å². The van der Waals surface area contributed by atoms with Crippen molar-refractivity contribution in [3.8, 4) is 11.5 Å². The molecule has 2 aromatic carbocycles. The van der Waals surface area contributed by atoms with E-state index in [1.165, 1.54) is 12.1 Å². The highest BCUT2D eigenvalue weighted by Gasteiger charge is 2.10. The van der Waals surface area contributed by atoms with E-state index in [1.807, 2.05) is 18.2 Å². The zero-order valence-electron chi connectivity index (χ0n) is 10.9. The first kappa shape index (κ1) is 12.6. The molecule has 104 valence electrons. The van der Waals surface area contributed by atoms with Gasteiger partial charge in [0.05, 0.1) is 13.2 Å². The molecule has 0 saturated carbocycles. The molecule has 0 unspecified atom stereocenters. The molecule has 0 saturated heterocycles. The van der Waals surface area contributed by atoms with Crippen molar-refractivity contribution in [2.75, 3.05) is 24.3 Å². The Kier molecular flexibility index (Phi) is 3.33. The van der Waals surface area contributed by atoms with Gasteiger partial charge in [0.2, 0.25) is 0 Å². The Hall–Kier alpha value is -2.43. The van der Waals surface area contributed by atoms with Crippen molar-refractivity contribution in [3.05, 3.63) is 42.2 Å². The Morgan fingerprint density at radius 1 is 0.950 bits per heavy atom. The van der Waals surface area contributed by atoms with E-state index in [1.54, 1.807) is 6.07 Å². The molecule has 0 amide bonds. The van der Waals surface area contributed by atoms with Crippen LogP contribution in [-0.2, 0) is 0 Å². The predicted molar refractivity (Wildman–Crippen MR) is 76.1 cm³/mol. The molecule has 2 aromatic rings. The van der Waals surface area contributed by atoms with Gasteiger partial charge in [-0.2, -0.15) is 0 Å². The molecule has 5 heteroatoms. The van der Waals surface area contributed by atoms with E-state index in [-0.39, 0.29) is 5.82 Å². The fraction of sp³-hybridized carbons (Fsp3) is 0.200. The van der Waals surface area contributed by atoms with Crippen LogP contribution in [0.1, 0.15) is 6.42 Å². The number of benzene rings is 2. The molecule has 0 aliphatic carbocycles. The number of anilines is 3. The van der Waals surface area contributed by atoms with Crippen LogP contribution in [0.5, 0.6) is 11.5 Å². The molecule has 0 radical (unpaired) electrons. The molecule has 0 atom stereocenters. The molecular formula is C15H15FN2O2. The third-order valence-corrected chi connectivity index (χ3v) is 2.96. The first-order valence-electron chi connectivity index (χ1n) is 6.43. The molecule has 0 spiro atoms. The van der Waals surface area contributed by atoms with Crippen LogP contribution in [0.25, 0.3) is 0 Å². The van der Waals surface area contributed by atoms with Gasteiger partial charge in [0.1, 0.15) is 5.82 Å². The highest BCUT2D eigenvalue weighted by Crippen LogP contribution is 2.33. The van der Waals surface area contributed by atoms with Gasteiger partial charge in [0.25, 0.3) is 0 Å². The average Bonchev–Trinajstić information content (AvgIpc) is 2.62. The standard InChI is InChI=1S/C15H15FN2O2/c16-10-6-11(17)8-13(7-10)18-12-2-3-14-15(9-12)20-5-1-4-19-14/h2-3,6-9,18H,1,4-5,17H2. The van der Waals surface area contributed by atoms with Crippen molar-refractivity contribution in [2.45, 2.75) is 6.42 Å². The number of nitrogens with one attached hydrogen (secondary N) is 1. The Bertz CT molecular complexity index is 611. The lowest BCUT2D eigenvalue weighted by Gasteiger charge is -2.11.